The van der Waals surface area contributed by atoms with E-state index in [0.717, 1.165) is 46.0 Å². The molecule has 1 N–H and O–H groups in total. The van der Waals surface area contributed by atoms with Gasteiger partial charge in [0.05, 0.1) is 25.6 Å². The monoisotopic (exact) mass is 443 g/mol. The number of aryl methyl sites for hydroxylation is 1. The van der Waals surface area contributed by atoms with Crippen molar-refractivity contribution in [2.45, 2.75) is 39.5 Å². The second-order valence-electron chi connectivity index (χ2n) is 9.59. The Morgan fingerprint density at radius 1 is 1.06 bits per heavy atom. The molecule has 5 rings (SSSR count). The molecular formula is C27H29N3O3. The van der Waals surface area contributed by atoms with Gasteiger partial charge in [-0.25, -0.2) is 4.68 Å². The lowest BCUT2D eigenvalue weighted by Crippen LogP contribution is -2.34. The smallest absolute Gasteiger partial charge is 0.162 e. The highest BCUT2D eigenvalue weighted by molar-refractivity contribution is 6.01. The molecule has 0 fully saturated rings. The van der Waals surface area contributed by atoms with Crippen molar-refractivity contribution >= 4 is 11.6 Å². The molecule has 6 nitrogen and oxygen atoms in total. The minimum Gasteiger partial charge on any atom is -0.497 e. The van der Waals surface area contributed by atoms with Crippen LogP contribution in [-0.2, 0) is 4.79 Å². The Labute approximate surface area is 194 Å². The van der Waals surface area contributed by atoms with Gasteiger partial charge in [-0.2, -0.15) is 5.10 Å². The minimum absolute atomic E-state index is 0.110. The normalized spacial score (nSPS) is 18.9. The number of nitrogens with zero attached hydrogens (tertiary/aromatic N) is 2. The van der Waals surface area contributed by atoms with E-state index in [0.29, 0.717) is 17.9 Å². The number of methoxy groups -OCH3 is 2. The average Bonchev–Trinajstić information content (AvgIpc) is 3.13. The molecule has 0 saturated heterocycles. The minimum atomic E-state index is -0.266. The Bertz CT molecular complexity index is 1270. The molecule has 3 aromatic rings. The Kier molecular flexibility index (Phi) is 5.04. The molecule has 2 aliphatic rings. The van der Waals surface area contributed by atoms with E-state index in [1.54, 1.807) is 14.2 Å². The van der Waals surface area contributed by atoms with E-state index < -0.39 is 0 Å². The van der Waals surface area contributed by atoms with Crippen LogP contribution in [0, 0.1) is 12.3 Å². The molecule has 0 bridgehead atoms. The molecule has 1 aliphatic carbocycles. The van der Waals surface area contributed by atoms with Crippen LogP contribution in [0.25, 0.3) is 5.69 Å². The molecule has 2 aromatic carbocycles. The number of allylic oxidation sites excluding steroid dienone is 2. The number of anilines is 1. The van der Waals surface area contributed by atoms with Crippen LogP contribution in [0.4, 0.5) is 5.82 Å². The highest BCUT2D eigenvalue weighted by Gasteiger charge is 2.43. The van der Waals surface area contributed by atoms with Crippen molar-refractivity contribution in [3.05, 3.63) is 76.6 Å². The number of ether oxygens (including phenoxy) is 2. The number of Topliss-reactive ketones (excluding diaryl/α,β-unsaturated/α-hetero) is 1. The Hall–Kier alpha value is -3.54. The van der Waals surface area contributed by atoms with Crippen molar-refractivity contribution in [3.8, 4) is 17.2 Å². The van der Waals surface area contributed by atoms with Gasteiger partial charge in [0.25, 0.3) is 0 Å². The first-order valence-electron chi connectivity index (χ1n) is 11.2. The van der Waals surface area contributed by atoms with E-state index in [4.69, 9.17) is 14.6 Å². The largest absolute Gasteiger partial charge is 0.497 e. The van der Waals surface area contributed by atoms with Gasteiger partial charge in [-0.15, -0.1) is 0 Å². The molecular weight excluding hydrogens is 414 g/mol. The zero-order chi connectivity index (χ0) is 23.3. The lowest BCUT2D eigenvalue weighted by atomic mass is 9.69. The summed E-state index contributed by atoms with van der Waals surface area (Å²) in [5.41, 5.74) is 5.49. The highest BCUT2D eigenvalue weighted by Crippen LogP contribution is 2.52. The molecule has 1 aromatic heterocycles. The molecule has 6 heteroatoms. The average molecular weight is 444 g/mol. The second-order valence-corrected chi connectivity index (χ2v) is 9.59. The van der Waals surface area contributed by atoms with Gasteiger partial charge in [0.2, 0.25) is 0 Å². The summed E-state index contributed by atoms with van der Waals surface area (Å²) in [6.07, 6.45) is 1.31. The third kappa shape index (κ3) is 3.50. The van der Waals surface area contributed by atoms with Gasteiger partial charge in [-0.05, 0) is 37.0 Å². The van der Waals surface area contributed by atoms with Crippen LogP contribution >= 0.6 is 0 Å². The maximum atomic E-state index is 13.6. The van der Waals surface area contributed by atoms with Gasteiger partial charge in [0, 0.05) is 40.8 Å². The molecule has 0 amide bonds. The molecule has 0 radical (unpaired) electrons. The van der Waals surface area contributed by atoms with Crippen molar-refractivity contribution in [1.82, 2.24) is 9.78 Å². The van der Waals surface area contributed by atoms with Gasteiger partial charge < -0.3 is 14.8 Å². The first-order valence-corrected chi connectivity index (χ1v) is 11.2. The summed E-state index contributed by atoms with van der Waals surface area (Å²) < 4.78 is 13.2. The van der Waals surface area contributed by atoms with Crippen LogP contribution in [0.2, 0.25) is 0 Å². The van der Waals surface area contributed by atoms with E-state index in [2.05, 4.69) is 19.2 Å². The molecule has 170 valence electrons. The topological polar surface area (TPSA) is 65.4 Å². The van der Waals surface area contributed by atoms with E-state index >= 15 is 0 Å². The third-order valence-corrected chi connectivity index (χ3v) is 6.63. The number of fused-ring (bicyclic) bond motifs is 1. The van der Waals surface area contributed by atoms with Crippen LogP contribution in [0.1, 0.15) is 49.4 Å². The van der Waals surface area contributed by atoms with E-state index in [1.165, 1.54) is 0 Å². The standard InChI is InChI=1S/C27H29N3O3/c1-16-23-24(19-12-11-18(32-4)13-22(19)33-5)25-20(14-27(2,3)15-21(25)31)28-26(23)30(29-16)17-9-7-6-8-10-17/h6-13,24,28H,14-15H2,1-5H3/t24-/m1/s1. The first-order chi connectivity index (χ1) is 15.8. The van der Waals surface area contributed by atoms with Crippen molar-refractivity contribution in [1.29, 1.82) is 0 Å². The number of carbonyl (C=O) groups excluding carboxylic acids is 1. The molecule has 1 aliphatic heterocycles. The second kappa shape index (κ2) is 7.80. The third-order valence-electron chi connectivity index (χ3n) is 6.63. The fraction of sp³-hybridized carbons (Fsp3) is 0.333. The van der Waals surface area contributed by atoms with Crippen LogP contribution in [-0.4, -0.2) is 29.8 Å². The number of para-hydroxylation sites is 1. The molecule has 0 unspecified atom stereocenters. The number of carbonyl (C=O) groups is 1. The van der Waals surface area contributed by atoms with Crippen molar-refractivity contribution in [3.63, 3.8) is 0 Å². The summed E-state index contributed by atoms with van der Waals surface area (Å²) in [6.45, 7) is 6.30. The number of hydrogen-bond donors (Lipinski definition) is 1. The molecule has 0 spiro atoms. The number of benzene rings is 2. The van der Waals surface area contributed by atoms with Gasteiger partial charge in [0.1, 0.15) is 17.3 Å². The Morgan fingerprint density at radius 3 is 2.52 bits per heavy atom. The van der Waals surface area contributed by atoms with Crippen molar-refractivity contribution in [2.24, 2.45) is 5.41 Å². The van der Waals surface area contributed by atoms with Gasteiger partial charge in [0.15, 0.2) is 5.78 Å². The van der Waals surface area contributed by atoms with Crippen molar-refractivity contribution < 1.29 is 14.3 Å². The van der Waals surface area contributed by atoms with E-state index in [-0.39, 0.29) is 17.1 Å². The zero-order valence-electron chi connectivity index (χ0n) is 19.7. The highest BCUT2D eigenvalue weighted by atomic mass is 16.5. The number of nitrogens with one attached hydrogen (secondary N) is 1. The molecule has 33 heavy (non-hydrogen) atoms. The zero-order valence-corrected chi connectivity index (χ0v) is 19.7. The molecule has 2 heterocycles. The summed E-state index contributed by atoms with van der Waals surface area (Å²) in [5.74, 6) is 2.23. The maximum Gasteiger partial charge on any atom is 0.162 e. The van der Waals surface area contributed by atoms with Crippen molar-refractivity contribution in [2.75, 3.05) is 19.5 Å². The van der Waals surface area contributed by atoms with Gasteiger partial charge in [-0.3, -0.25) is 4.79 Å². The SMILES string of the molecule is COc1ccc([C@H]2C3=C(CC(C)(C)CC3=O)Nc3c2c(C)nn3-c2ccccc2)c(OC)c1. The number of aromatic nitrogens is 2. The quantitative estimate of drug-likeness (QED) is 0.585. The van der Waals surface area contributed by atoms with Crippen LogP contribution in [0.15, 0.2) is 59.8 Å². The fourth-order valence-corrected chi connectivity index (χ4v) is 5.20. The van der Waals surface area contributed by atoms with E-state index in [1.807, 2.05) is 60.1 Å². The fourth-order valence-electron chi connectivity index (χ4n) is 5.20. The van der Waals surface area contributed by atoms with Crippen LogP contribution in [0.5, 0.6) is 11.5 Å². The lowest BCUT2D eigenvalue weighted by Gasteiger charge is -2.39. The summed E-state index contributed by atoms with van der Waals surface area (Å²) in [7, 11) is 3.29. The van der Waals surface area contributed by atoms with Crippen LogP contribution in [0.3, 0.4) is 0 Å². The van der Waals surface area contributed by atoms with E-state index in [9.17, 15) is 4.79 Å². The molecule has 1 atom stereocenters. The number of ketones is 1. The summed E-state index contributed by atoms with van der Waals surface area (Å²) in [6, 6.07) is 15.9. The van der Waals surface area contributed by atoms with Gasteiger partial charge >= 0.3 is 0 Å². The summed E-state index contributed by atoms with van der Waals surface area (Å²) in [5, 5.41) is 8.52. The van der Waals surface area contributed by atoms with Crippen LogP contribution < -0.4 is 14.8 Å². The summed E-state index contributed by atoms with van der Waals surface area (Å²) >= 11 is 0. The Balaban J connectivity index is 1.78. The van der Waals surface area contributed by atoms with Gasteiger partial charge in [-0.1, -0.05) is 38.1 Å². The Morgan fingerprint density at radius 2 is 1.82 bits per heavy atom. The predicted octanol–water partition coefficient (Wildman–Crippen LogP) is 5.40. The predicted molar refractivity (Wildman–Crippen MR) is 128 cm³/mol. The number of hydrogen-bond acceptors (Lipinski definition) is 5. The number of rotatable bonds is 4. The molecule has 0 saturated carbocycles. The maximum absolute atomic E-state index is 13.6. The summed E-state index contributed by atoms with van der Waals surface area (Å²) in [4.78, 5) is 13.6. The lowest BCUT2D eigenvalue weighted by molar-refractivity contribution is -0.118. The first kappa shape index (κ1) is 21.3.